The van der Waals surface area contributed by atoms with E-state index in [1.165, 1.54) is 11.1 Å². The Labute approximate surface area is 93.2 Å². The molecule has 78 valence electrons. The quantitative estimate of drug-likeness (QED) is 0.859. The summed E-state index contributed by atoms with van der Waals surface area (Å²) in [6.45, 7) is 2.12. The van der Waals surface area contributed by atoms with Crippen molar-refractivity contribution in [3.05, 3.63) is 46.2 Å². The van der Waals surface area contributed by atoms with Gasteiger partial charge in [0.2, 0.25) is 0 Å². The van der Waals surface area contributed by atoms with E-state index in [1.807, 2.05) is 19.4 Å². The zero-order chi connectivity index (χ0) is 10.7. The second-order valence-corrected chi connectivity index (χ2v) is 4.15. The van der Waals surface area contributed by atoms with Gasteiger partial charge < -0.3 is 5.32 Å². The molecule has 1 N–H and O–H groups in total. The summed E-state index contributed by atoms with van der Waals surface area (Å²) < 4.78 is 0. The van der Waals surface area contributed by atoms with Crippen LogP contribution < -0.4 is 5.32 Å². The van der Waals surface area contributed by atoms with Crippen molar-refractivity contribution in [2.24, 2.45) is 0 Å². The van der Waals surface area contributed by atoms with Gasteiger partial charge in [0.05, 0.1) is 6.04 Å². The number of nitrogens with zero attached hydrogens (tertiary/aromatic N) is 2. The molecule has 0 aromatic carbocycles. The van der Waals surface area contributed by atoms with Gasteiger partial charge in [0, 0.05) is 18.0 Å². The third-order valence-electron chi connectivity index (χ3n) is 2.41. The molecule has 4 heteroatoms. The SMILES string of the molecule is CNC(c1cncnc1)c1cscc1C. The minimum atomic E-state index is 0.192. The second-order valence-electron chi connectivity index (χ2n) is 3.40. The van der Waals surface area contributed by atoms with Crippen LogP contribution in [0.4, 0.5) is 0 Å². The largest absolute Gasteiger partial charge is 0.309 e. The van der Waals surface area contributed by atoms with Crippen LogP contribution in [0.3, 0.4) is 0 Å². The molecule has 0 saturated heterocycles. The molecule has 0 saturated carbocycles. The van der Waals surface area contributed by atoms with E-state index in [-0.39, 0.29) is 6.04 Å². The lowest BCUT2D eigenvalue weighted by Crippen LogP contribution is -2.18. The monoisotopic (exact) mass is 219 g/mol. The maximum absolute atomic E-state index is 4.05. The van der Waals surface area contributed by atoms with E-state index in [2.05, 4.69) is 33.0 Å². The smallest absolute Gasteiger partial charge is 0.115 e. The van der Waals surface area contributed by atoms with Crippen molar-refractivity contribution in [2.75, 3.05) is 7.05 Å². The number of aromatic nitrogens is 2. The highest BCUT2D eigenvalue weighted by atomic mass is 32.1. The van der Waals surface area contributed by atoms with Gasteiger partial charge in [0.15, 0.2) is 0 Å². The molecule has 3 nitrogen and oxygen atoms in total. The Morgan fingerprint density at radius 1 is 1.27 bits per heavy atom. The molecule has 0 amide bonds. The molecule has 2 aromatic heterocycles. The van der Waals surface area contributed by atoms with Gasteiger partial charge in [-0.25, -0.2) is 9.97 Å². The van der Waals surface area contributed by atoms with E-state index in [4.69, 9.17) is 0 Å². The van der Waals surface area contributed by atoms with E-state index in [0.717, 1.165) is 5.56 Å². The molecule has 1 unspecified atom stereocenters. The van der Waals surface area contributed by atoms with Crippen LogP contribution in [-0.2, 0) is 0 Å². The highest BCUT2D eigenvalue weighted by Crippen LogP contribution is 2.26. The van der Waals surface area contributed by atoms with Crippen molar-refractivity contribution in [3.63, 3.8) is 0 Å². The van der Waals surface area contributed by atoms with Gasteiger partial charge in [-0.1, -0.05) is 0 Å². The fourth-order valence-electron chi connectivity index (χ4n) is 1.63. The minimum Gasteiger partial charge on any atom is -0.309 e. The number of hydrogen-bond donors (Lipinski definition) is 1. The van der Waals surface area contributed by atoms with Crippen LogP contribution in [-0.4, -0.2) is 17.0 Å². The maximum atomic E-state index is 4.05. The molecule has 0 aliphatic carbocycles. The third-order valence-corrected chi connectivity index (χ3v) is 3.29. The zero-order valence-corrected chi connectivity index (χ0v) is 9.58. The zero-order valence-electron chi connectivity index (χ0n) is 8.77. The number of rotatable bonds is 3. The van der Waals surface area contributed by atoms with Crippen LogP contribution in [0, 0.1) is 6.92 Å². The molecule has 2 rings (SSSR count). The molecule has 0 bridgehead atoms. The van der Waals surface area contributed by atoms with Gasteiger partial charge in [-0.2, -0.15) is 11.3 Å². The molecule has 0 aliphatic rings. The van der Waals surface area contributed by atoms with Crippen LogP contribution in [0.15, 0.2) is 29.5 Å². The van der Waals surface area contributed by atoms with Crippen molar-refractivity contribution in [1.29, 1.82) is 0 Å². The predicted octanol–water partition coefficient (Wildman–Crippen LogP) is 2.16. The summed E-state index contributed by atoms with van der Waals surface area (Å²) in [7, 11) is 1.95. The Balaban J connectivity index is 2.37. The van der Waals surface area contributed by atoms with Gasteiger partial charge in [-0.05, 0) is 35.9 Å². The van der Waals surface area contributed by atoms with Crippen LogP contribution >= 0.6 is 11.3 Å². The fourth-order valence-corrected chi connectivity index (χ4v) is 2.50. The third kappa shape index (κ3) is 2.06. The van der Waals surface area contributed by atoms with Crippen LogP contribution in [0.25, 0.3) is 0 Å². The summed E-state index contributed by atoms with van der Waals surface area (Å²) in [5.74, 6) is 0. The molecule has 2 aromatic rings. The van der Waals surface area contributed by atoms with Crippen LogP contribution in [0.2, 0.25) is 0 Å². The first kappa shape index (κ1) is 10.3. The van der Waals surface area contributed by atoms with Crippen molar-refractivity contribution < 1.29 is 0 Å². The molecule has 1 atom stereocenters. The van der Waals surface area contributed by atoms with E-state index < -0.39 is 0 Å². The number of hydrogen-bond acceptors (Lipinski definition) is 4. The van der Waals surface area contributed by atoms with Gasteiger partial charge in [-0.15, -0.1) is 0 Å². The Hall–Kier alpha value is -1.26. The van der Waals surface area contributed by atoms with Gasteiger partial charge in [0.1, 0.15) is 6.33 Å². The summed E-state index contributed by atoms with van der Waals surface area (Å²) in [6.07, 6.45) is 5.26. The summed E-state index contributed by atoms with van der Waals surface area (Å²) in [5, 5.41) is 7.61. The molecular formula is C11H13N3S. The normalized spacial score (nSPS) is 12.7. The van der Waals surface area contributed by atoms with Crippen molar-refractivity contribution in [2.45, 2.75) is 13.0 Å². The lowest BCUT2D eigenvalue weighted by molar-refractivity contribution is 0.683. The molecule has 0 radical (unpaired) electrons. The van der Waals surface area contributed by atoms with Gasteiger partial charge in [-0.3, -0.25) is 0 Å². The van der Waals surface area contributed by atoms with Crippen molar-refractivity contribution in [1.82, 2.24) is 15.3 Å². The summed E-state index contributed by atoms with van der Waals surface area (Å²) in [6, 6.07) is 0.192. The van der Waals surface area contributed by atoms with E-state index >= 15 is 0 Å². The van der Waals surface area contributed by atoms with Crippen LogP contribution in [0.5, 0.6) is 0 Å². The molecule has 0 spiro atoms. The van der Waals surface area contributed by atoms with E-state index in [0.29, 0.717) is 0 Å². The van der Waals surface area contributed by atoms with E-state index in [1.54, 1.807) is 17.7 Å². The first-order valence-corrected chi connectivity index (χ1v) is 5.72. The first-order valence-electron chi connectivity index (χ1n) is 4.77. The fraction of sp³-hybridized carbons (Fsp3) is 0.273. The Morgan fingerprint density at radius 3 is 2.53 bits per heavy atom. The molecular weight excluding hydrogens is 206 g/mol. The summed E-state index contributed by atoms with van der Waals surface area (Å²) in [5.41, 5.74) is 3.71. The Kier molecular flexibility index (Phi) is 3.08. The summed E-state index contributed by atoms with van der Waals surface area (Å²) >= 11 is 1.72. The van der Waals surface area contributed by atoms with Crippen molar-refractivity contribution >= 4 is 11.3 Å². The predicted molar refractivity (Wildman–Crippen MR) is 62.0 cm³/mol. The number of thiophene rings is 1. The molecule has 0 aliphatic heterocycles. The van der Waals surface area contributed by atoms with Crippen LogP contribution in [0.1, 0.15) is 22.7 Å². The second kappa shape index (κ2) is 4.51. The molecule has 0 fully saturated rings. The van der Waals surface area contributed by atoms with E-state index in [9.17, 15) is 0 Å². The van der Waals surface area contributed by atoms with Gasteiger partial charge >= 0.3 is 0 Å². The molecule has 2 heterocycles. The lowest BCUT2D eigenvalue weighted by atomic mass is 10.0. The number of aryl methyl sites for hydroxylation is 1. The minimum absolute atomic E-state index is 0.192. The molecule has 15 heavy (non-hydrogen) atoms. The number of nitrogens with one attached hydrogen (secondary N) is 1. The van der Waals surface area contributed by atoms with Crippen molar-refractivity contribution in [3.8, 4) is 0 Å². The first-order chi connectivity index (χ1) is 7.33. The maximum Gasteiger partial charge on any atom is 0.115 e. The topological polar surface area (TPSA) is 37.8 Å². The Morgan fingerprint density at radius 2 is 2.00 bits per heavy atom. The average molecular weight is 219 g/mol. The Bertz CT molecular complexity index is 424. The van der Waals surface area contributed by atoms with Gasteiger partial charge in [0.25, 0.3) is 0 Å². The lowest BCUT2D eigenvalue weighted by Gasteiger charge is -2.15. The standard InChI is InChI=1S/C11H13N3S/c1-8-5-15-6-10(8)11(12-2)9-3-13-7-14-4-9/h3-7,11-12H,1-2H3. The average Bonchev–Trinajstić information content (AvgIpc) is 2.68. The summed E-state index contributed by atoms with van der Waals surface area (Å²) in [4.78, 5) is 8.09. The highest BCUT2D eigenvalue weighted by molar-refractivity contribution is 7.08. The highest BCUT2D eigenvalue weighted by Gasteiger charge is 2.14.